The molecule has 0 fully saturated rings. The lowest BCUT2D eigenvalue weighted by atomic mass is 10.1. The van der Waals surface area contributed by atoms with Crippen molar-refractivity contribution in [2.24, 2.45) is 0 Å². The average Bonchev–Trinajstić information content (AvgIpc) is 2.14. The maximum absolute atomic E-state index is 12.1. The number of likely N-dealkylation sites (N-methyl/N-ethyl adjacent to an activating group) is 1. The summed E-state index contributed by atoms with van der Waals surface area (Å²) in [5.74, 6) is -0.343. The van der Waals surface area contributed by atoms with Crippen molar-refractivity contribution < 1.29 is 18.0 Å². The van der Waals surface area contributed by atoms with Crippen LogP contribution in [-0.4, -0.2) is 37.0 Å². The zero-order chi connectivity index (χ0) is 13.1. The summed E-state index contributed by atoms with van der Waals surface area (Å²) in [4.78, 5) is 12.7. The van der Waals surface area contributed by atoms with E-state index in [4.69, 9.17) is 0 Å². The van der Waals surface area contributed by atoms with Gasteiger partial charge in [0, 0.05) is 10.0 Å². The van der Waals surface area contributed by atoms with Gasteiger partial charge in [0.05, 0.1) is 13.1 Å². The number of rotatable bonds is 4. The molecule has 1 rings (SSSR count). The van der Waals surface area contributed by atoms with E-state index in [-0.39, 0.29) is 12.3 Å². The van der Waals surface area contributed by atoms with Gasteiger partial charge in [0.1, 0.15) is 0 Å². The molecule has 1 aromatic rings. The predicted molar refractivity (Wildman–Crippen MR) is 62.0 cm³/mol. The van der Waals surface area contributed by atoms with Gasteiger partial charge >= 0.3 is 6.18 Å². The standard InChI is InChI=1S/C11H11BrF3NO/c1-16(7-11(13,14)15)6-10(17)8-4-2-3-5-9(8)12/h2-5H,6-7H2,1H3. The Hall–Kier alpha value is -0.880. The van der Waals surface area contributed by atoms with Crippen molar-refractivity contribution in [3.8, 4) is 0 Å². The molecule has 0 amide bonds. The van der Waals surface area contributed by atoms with Crippen LogP contribution in [0.4, 0.5) is 13.2 Å². The minimum absolute atomic E-state index is 0.262. The third kappa shape index (κ3) is 4.87. The van der Waals surface area contributed by atoms with Crippen LogP contribution in [0.2, 0.25) is 0 Å². The van der Waals surface area contributed by atoms with Crippen LogP contribution in [-0.2, 0) is 0 Å². The summed E-state index contributed by atoms with van der Waals surface area (Å²) in [6.07, 6.45) is -4.29. The van der Waals surface area contributed by atoms with Crippen LogP contribution in [0.15, 0.2) is 28.7 Å². The molecule has 1 aromatic carbocycles. The predicted octanol–water partition coefficient (Wildman–Crippen LogP) is 3.13. The van der Waals surface area contributed by atoms with E-state index in [0.717, 1.165) is 4.90 Å². The molecule has 94 valence electrons. The van der Waals surface area contributed by atoms with E-state index >= 15 is 0 Å². The highest BCUT2D eigenvalue weighted by atomic mass is 79.9. The molecule has 0 aromatic heterocycles. The van der Waals surface area contributed by atoms with Gasteiger partial charge in [-0.25, -0.2) is 0 Å². The van der Waals surface area contributed by atoms with Gasteiger partial charge in [0.25, 0.3) is 0 Å². The molecule has 0 bridgehead atoms. The van der Waals surface area contributed by atoms with Gasteiger partial charge in [-0.3, -0.25) is 9.69 Å². The van der Waals surface area contributed by atoms with Crippen molar-refractivity contribution in [2.75, 3.05) is 20.1 Å². The van der Waals surface area contributed by atoms with Crippen LogP contribution in [0, 0.1) is 0 Å². The summed E-state index contributed by atoms with van der Waals surface area (Å²) in [5.41, 5.74) is 0.390. The Balaban J connectivity index is 2.64. The number of carbonyl (C=O) groups excluding carboxylic acids is 1. The quantitative estimate of drug-likeness (QED) is 0.797. The van der Waals surface area contributed by atoms with Crippen LogP contribution in [0.25, 0.3) is 0 Å². The van der Waals surface area contributed by atoms with Crippen LogP contribution in [0.5, 0.6) is 0 Å². The fraction of sp³-hybridized carbons (Fsp3) is 0.364. The summed E-state index contributed by atoms with van der Waals surface area (Å²) in [5, 5.41) is 0. The zero-order valence-corrected chi connectivity index (χ0v) is 10.7. The Morgan fingerprint density at radius 3 is 2.47 bits per heavy atom. The average molecular weight is 310 g/mol. The van der Waals surface area contributed by atoms with E-state index in [1.807, 2.05) is 0 Å². The third-order valence-electron chi connectivity index (χ3n) is 2.04. The molecule has 0 aliphatic carbocycles. The number of hydrogen-bond acceptors (Lipinski definition) is 2. The summed E-state index contributed by atoms with van der Waals surface area (Å²) in [6, 6.07) is 6.66. The lowest BCUT2D eigenvalue weighted by molar-refractivity contribution is -0.141. The fourth-order valence-electron chi connectivity index (χ4n) is 1.38. The number of halogens is 4. The van der Waals surface area contributed by atoms with Crippen molar-refractivity contribution in [2.45, 2.75) is 6.18 Å². The number of benzene rings is 1. The molecule has 0 unspecified atom stereocenters. The van der Waals surface area contributed by atoms with Crippen LogP contribution in [0.3, 0.4) is 0 Å². The monoisotopic (exact) mass is 309 g/mol. The van der Waals surface area contributed by atoms with Crippen LogP contribution < -0.4 is 0 Å². The third-order valence-corrected chi connectivity index (χ3v) is 2.73. The Kier molecular flexibility index (Phi) is 4.70. The molecule has 2 nitrogen and oxygen atoms in total. The number of Topliss-reactive ketones (excluding diaryl/α,β-unsaturated/α-hetero) is 1. The number of hydrogen-bond donors (Lipinski definition) is 0. The molecule has 6 heteroatoms. The summed E-state index contributed by atoms with van der Waals surface area (Å²) in [6.45, 7) is -1.36. The number of alkyl halides is 3. The first-order chi connectivity index (χ1) is 7.79. The topological polar surface area (TPSA) is 20.3 Å². The fourth-order valence-corrected chi connectivity index (χ4v) is 1.89. The molecule has 0 spiro atoms. The molecule has 0 saturated heterocycles. The van der Waals surface area contributed by atoms with E-state index in [2.05, 4.69) is 15.9 Å². The van der Waals surface area contributed by atoms with Crippen molar-refractivity contribution in [3.05, 3.63) is 34.3 Å². The number of ketones is 1. The molecule has 0 aliphatic heterocycles. The van der Waals surface area contributed by atoms with Gasteiger partial charge in [-0.2, -0.15) is 13.2 Å². The highest BCUT2D eigenvalue weighted by Gasteiger charge is 2.29. The molecule has 0 heterocycles. The van der Waals surface area contributed by atoms with E-state index in [1.54, 1.807) is 24.3 Å². The van der Waals surface area contributed by atoms with E-state index in [0.29, 0.717) is 10.0 Å². The normalized spacial score (nSPS) is 11.9. The van der Waals surface area contributed by atoms with E-state index in [9.17, 15) is 18.0 Å². The first kappa shape index (κ1) is 14.2. The van der Waals surface area contributed by atoms with Gasteiger partial charge < -0.3 is 0 Å². The van der Waals surface area contributed by atoms with E-state index in [1.165, 1.54) is 7.05 Å². The SMILES string of the molecule is CN(CC(=O)c1ccccc1Br)CC(F)(F)F. The maximum Gasteiger partial charge on any atom is 0.401 e. The Bertz CT molecular complexity index is 406. The lowest BCUT2D eigenvalue weighted by Gasteiger charge is -2.17. The van der Waals surface area contributed by atoms with Gasteiger partial charge in [0.15, 0.2) is 5.78 Å². The largest absolute Gasteiger partial charge is 0.401 e. The van der Waals surface area contributed by atoms with Crippen molar-refractivity contribution in [3.63, 3.8) is 0 Å². The maximum atomic E-state index is 12.1. The van der Waals surface area contributed by atoms with Gasteiger partial charge in [-0.1, -0.05) is 34.1 Å². The second kappa shape index (κ2) is 5.64. The molecule has 0 atom stereocenters. The van der Waals surface area contributed by atoms with Crippen molar-refractivity contribution in [1.29, 1.82) is 0 Å². The lowest BCUT2D eigenvalue weighted by Crippen LogP contribution is -2.34. The second-order valence-electron chi connectivity index (χ2n) is 3.69. The zero-order valence-electron chi connectivity index (χ0n) is 9.09. The smallest absolute Gasteiger partial charge is 0.293 e. The minimum Gasteiger partial charge on any atom is -0.293 e. The van der Waals surface area contributed by atoms with Crippen LogP contribution >= 0.6 is 15.9 Å². The molecular weight excluding hydrogens is 299 g/mol. The molecule has 17 heavy (non-hydrogen) atoms. The van der Waals surface area contributed by atoms with Crippen molar-refractivity contribution >= 4 is 21.7 Å². The molecular formula is C11H11BrF3NO. The number of nitrogens with zero attached hydrogens (tertiary/aromatic N) is 1. The second-order valence-corrected chi connectivity index (χ2v) is 4.54. The van der Waals surface area contributed by atoms with Gasteiger partial charge in [0.2, 0.25) is 0 Å². The first-order valence-corrected chi connectivity index (χ1v) is 5.62. The Morgan fingerprint density at radius 2 is 1.94 bits per heavy atom. The van der Waals surface area contributed by atoms with Crippen molar-refractivity contribution in [1.82, 2.24) is 4.90 Å². The molecule has 0 N–H and O–H groups in total. The molecule has 0 aliphatic rings. The highest BCUT2D eigenvalue weighted by molar-refractivity contribution is 9.10. The number of carbonyl (C=O) groups is 1. The molecule has 0 saturated carbocycles. The minimum atomic E-state index is -4.29. The van der Waals surface area contributed by atoms with Crippen LogP contribution in [0.1, 0.15) is 10.4 Å². The summed E-state index contributed by atoms with van der Waals surface area (Å²) in [7, 11) is 1.27. The first-order valence-electron chi connectivity index (χ1n) is 4.82. The molecule has 0 radical (unpaired) electrons. The van der Waals surface area contributed by atoms with Gasteiger partial charge in [-0.05, 0) is 13.1 Å². The highest BCUT2D eigenvalue weighted by Crippen LogP contribution is 2.18. The Labute approximate surface area is 106 Å². The Morgan fingerprint density at radius 1 is 1.35 bits per heavy atom. The summed E-state index contributed by atoms with van der Waals surface area (Å²) < 4.78 is 36.8. The van der Waals surface area contributed by atoms with Gasteiger partial charge in [-0.15, -0.1) is 0 Å². The van der Waals surface area contributed by atoms with E-state index < -0.39 is 12.7 Å². The summed E-state index contributed by atoms with van der Waals surface area (Å²) >= 11 is 3.19.